The van der Waals surface area contributed by atoms with Crippen molar-refractivity contribution in [3.8, 4) is 17.7 Å². The molecule has 0 saturated carbocycles. The van der Waals surface area contributed by atoms with E-state index < -0.39 is 11.2 Å². The topological polar surface area (TPSA) is 77.3 Å². The Kier molecular flexibility index (Phi) is 8.21. The van der Waals surface area contributed by atoms with Gasteiger partial charge in [0, 0.05) is 6.07 Å². The molecule has 6 nitrogen and oxygen atoms in total. The third-order valence-electron chi connectivity index (χ3n) is 6.15. The number of aromatic nitrogens is 2. The van der Waals surface area contributed by atoms with E-state index in [-0.39, 0.29) is 0 Å². The van der Waals surface area contributed by atoms with Crippen LogP contribution in [0.3, 0.4) is 0 Å². The minimum Gasteiger partial charge on any atom is -0.439 e. The van der Waals surface area contributed by atoms with Gasteiger partial charge in [-0.2, -0.15) is 10.2 Å². The number of benzene rings is 3. The van der Waals surface area contributed by atoms with Crippen molar-refractivity contribution in [3.63, 3.8) is 0 Å². The van der Waals surface area contributed by atoms with E-state index in [1.807, 2.05) is 107 Å². The summed E-state index contributed by atoms with van der Waals surface area (Å²) in [5.41, 5.74) is 2.68. The molecule has 0 amide bonds. The molecule has 0 atom stereocenters. The number of nitrogens with zero attached hydrogens (tertiary/aromatic N) is 3. The van der Waals surface area contributed by atoms with Gasteiger partial charge in [-0.1, -0.05) is 60.7 Å². The molecule has 38 heavy (non-hydrogen) atoms. The summed E-state index contributed by atoms with van der Waals surface area (Å²) in [5.74, 6) is 1.36. The molecule has 0 aliphatic carbocycles. The molecule has 1 aromatic heterocycles. The highest BCUT2D eigenvalue weighted by atomic mass is 16.5. The van der Waals surface area contributed by atoms with Crippen LogP contribution in [0.1, 0.15) is 61.5 Å². The zero-order chi connectivity index (χ0) is 27.2. The molecule has 0 saturated heterocycles. The van der Waals surface area contributed by atoms with Gasteiger partial charge in [-0.05, 0) is 69.5 Å². The van der Waals surface area contributed by atoms with E-state index in [1.165, 1.54) is 0 Å². The quantitative estimate of drug-likeness (QED) is 0.223. The highest BCUT2D eigenvalue weighted by Crippen LogP contribution is 2.33. The van der Waals surface area contributed by atoms with Gasteiger partial charge in [0.1, 0.15) is 17.0 Å². The van der Waals surface area contributed by atoms with Crippen molar-refractivity contribution in [1.82, 2.24) is 9.97 Å². The number of rotatable bonds is 10. The lowest BCUT2D eigenvalue weighted by Gasteiger charge is -2.29. The zero-order valence-electron chi connectivity index (χ0n) is 22.6. The normalized spacial score (nSPS) is 11.7. The second kappa shape index (κ2) is 11.6. The van der Waals surface area contributed by atoms with Crippen LogP contribution >= 0.6 is 0 Å². The molecular weight excluding hydrogens is 474 g/mol. The number of nitriles is 1. The van der Waals surface area contributed by atoms with E-state index in [4.69, 9.17) is 24.2 Å². The molecule has 4 rings (SSSR count). The summed E-state index contributed by atoms with van der Waals surface area (Å²) in [5, 5.41) is 9.40. The Morgan fingerprint density at radius 2 is 1.32 bits per heavy atom. The molecular formula is C32H33N3O3. The Labute approximate surface area is 224 Å². The predicted molar refractivity (Wildman–Crippen MR) is 147 cm³/mol. The SMILES string of the molecule is Cc1cc(C#N)cc(Oc2cc(C(C)(C)OCc3ccccc3)nc(C(C)(C)OCc3ccccc3)n2)c1. The summed E-state index contributed by atoms with van der Waals surface area (Å²) in [6, 6.07) is 29.4. The van der Waals surface area contributed by atoms with E-state index in [1.54, 1.807) is 12.1 Å². The van der Waals surface area contributed by atoms with E-state index in [9.17, 15) is 5.26 Å². The van der Waals surface area contributed by atoms with Gasteiger partial charge in [0.2, 0.25) is 5.88 Å². The molecule has 0 aliphatic rings. The van der Waals surface area contributed by atoms with Crippen LogP contribution in [0.15, 0.2) is 84.9 Å². The number of hydrogen-bond donors (Lipinski definition) is 0. The lowest BCUT2D eigenvalue weighted by Crippen LogP contribution is -2.29. The number of ether oxygens (including phenoxy) is 3. The van der Waals surface area contributed by atoms with Crippen molar-refractivity contribution in [1.29, 1.82) is 5.26 Å². The van der Waals surface area contributed by atoms with Crippen molar-refractivity contribution in [3.05, 3.63) is 119 Å². The Morgan fingerprint density at radius 1 is 0.737 bits per heavy atom. The minimum atomic E-state index is -0.816. The lowest BCUT2D eigenvalue weighted by atomic mass is 10.0. The fourth-order valence-corrected chi connectivity index (χ4v) is 3.86. The van der Waals surface area contributed by atoms with E-state index >= 15 is 0 Å². The summed E-state index contributed by atoms with van der Waals surface area (Å²) in [4.78, 5) is 9.63. The zero-order valence-corrected chi connectivity index (χ0v) is 22.6. The van der Waals surface area contributed by atoms with Crippen molar-refractivity contribution in [2.24, 2.45) is 0 Å². The van der Waals surface area contributed by atoms with Gasteiger partial charge < -0.3 is 14.2 Å². The van der Waals surface area contributed by atoms with Crippen LogP contribution in [-0.2, 0) is 33.9 Å². The third-order valence-corrected chi connectivity index (χ3v) is 6.15. The highest BCUT2D eigenvalue weighted by molar-refractivity contribution is 5.42. The largest absolute Gasteiger partial charge is 0.439 e. The molecule has 0 fully saturated rings. The van der Waals surface area contributed by atoms with E-state index in [0.717, 1.165) is 16.7 Å². The monoisotopic (exact) mass is 507 g/mol. The summed E-state index contributed by atoms with van der Waals surface area (Å²) in [6.45, 7) is 10.6. The molecule has 4 aromatic rings. The summed E-state index contributed by atoms with van der Waals surface area (Å²) < 4.78 is 18.8. The van der Waals surface area contributed by atoms with Gasteiger partial charge in [0.25, 0.3) is 0 Å². The first-order valence-corrected chi connectivity index (χ1v) is 12.6. The first-order chi connectivity index (χ1) is 18.1. The molecule has 0 spiro atoms. The molecule has 0 unspecified atom stereocenters. The van der Waals surface area contributed by atoms with Gasteiger partial charge in [-0.3, -0.25) is 0 Å². The van der Waals surface area contributed by atoms with Crippen molar-refractivity contribution in [2.45, 2.75) is 59.0 Å². The van der Waals surface area contributed by atoms with Gasteiger partial charge in [0.05, 0.1) is 30.5 Å². The van der Waals surface area contributed by atoms with Crippen molar-refractivity contribution < 1.29 is 14.2 Å². The van der Waals surface area contributed by atoms with Gasteiger partial charge in [-0.15, -0.1) is 0 Å². The maximum absolute atomic E-state index is 9.40. The average Bonchev–Trinajstić information content (AvgIpc) is 2.91. The van der Waals surface area contributed by atoms with Crippen LogP contribution in [0, 0.1) is 18.3 Å². The first-order valence-electron chi connectivity index (χ1n) is 12.6. The van der Waals surface area contributed by atoms with E-state index in [2.05, 4.69) is 6.07 Å². The molecule has 3 aromatic carbocycles. The van der Waals surface area contributed by atoms with Crippen molar-refractivity contribution >= 4 is 0 Å². The molecule has 1 heterocycles. The van der Waals surface area contributed by atoms with Crippen molar-refractivity contribution in [2.75, 3.05) is 0 Å². The molecule has 6 heteroatoms. The number of hydrogen-bond acceptors (Lipinski definition) is 6. The smallest absolute Gasteiger partial charge is 0.222 e. The Hall–Kier alpha value is -4.05. The molecule has 194 valence electrons. The van der Waals surface area contributed by atoms with Crippen LogP contribution in [0.2, 0.25) is 0 Å². The summed E-state index contributed by atoms with van der Waals surface area (Å²) >= 11 is 0. The molecule has 0 aliphatic heterocycles. The maximum atomic E-state index is 9.40. The summed E-state index contributed by atoms with van der Waals surface area (Å²) in [6.07, 6.45) is 0. The first kappa shape index (κ1) is 27.0. The van der Waals surface area contributed by atoms with Gasteiger partial charge >= 0.3 is 0 Å². The fourth-order valence-electron chi connectivity index (χ4n) is 3.86. The van der Waals surface area contributed by atoms with Crippen LogP contribution in [0.25, 0.3) is 0 Å². The third kappa shape index (κ3) is 7.04. The number of aryl methyl sites for hydroxylation is 1. The standard InChI is InChI=1S/C32H33N3O3/c1-23-16-26(20-33)18-27(17-23)38-29-19-28(31(2,3)36-21-24-12-8-6-9-13-24)34-30(35-29)32(4,5)37-22-25-14-10-7-11-15-25/h6-19H,21-22H2,1-5H3. The van der Waals surface area contributed by atoms with Gasteiger partial charge in [-0.25, -0.2) is 4.98 Å². The molecule has 0 N–H and O–H groups in total. The van der Waals surface area contributed by atoms with E-state index in [0.29, 0.717) is 41.9 Å². The fraction of sp³-hybridized carbons (Fsp3) is 0.281. The second-order valence-electron chi connectivity index (χ2n) is 10.2. The van der Waals surface area contributed by atoms with Crippen LogP contribution in [0.5, 0.6) is 11.6 Å². The predicted octanol–water partition coefficient (Wildman–Crippen LogP) is 7.35. The highest BCUT2D eigenvalue weighted by Gasteiger charge is 2.31. The Bertz CT molecular complexity index is 1340. The Morgan fingerprint density at radius 3 is 1.89 bits per heavy atom. The lowest BCUT2D eigenvalue weighted by molar-refractivity contribution is -0.0473. The minimum absolute atomic E-state index is 0.354. The maximum Gasteiger partial charge on any atom is 0.222 e. The van der Waals surface area contributed by atoms with Crippen LogP contribution in [0.4, 0.5) is 0 Å². The molecule has 0 bridgehead atoms. The summed E-state index contributed by atoms with van der Waals surface area (Å²) in [7, 11) is 0. The second-order valence-corrected chi connectivity index (χ2v) is 10.2. The van der Waals surface area contributed by atoms with Crippen LogP contribution in [-0.4, -0.2) is 9.97 Å². The van der Waals surface area contributed by atoms with Gasteiger partial charge in [0.15, 0.2) is 5.82 Å². The average molecular weight is 508 g/mol. The molecule has 0 radical (unpaired) electrons. The van der Waals surface area contributed by atoms with Crippen LogP contribution < -0.4 is 4.74 Å². The Balaban J connectivity index is 1.67.